The van der Waals surface area contributed by atoms with Crippen LogP contribution in [-0.2, 0) is 6.54 Å². The van der Waals surface area contributed by atoms with Gasteiger partial charge < -0.3 is 20.9 Å². The van der Waals surface area contributed by atoms with Crippen LogP contribution in [-0.4, -0.2) is 35.2 Å². The molecule has 1 heterocycles. The zero-order valence-electron chi connectivity index (χ0n) is 8.54. The third-order valence-electron chi connectivity index (χ3n) is 1.68. The van der Waals surface area contributed by atoms with E-state index in [9.17, 15) is 0 Å². The summed E-state index contributed by atoms with van der Waals surface area (Å²) in [5.74, 6) is 0. The van der Waals surface area contributed by atoms with Crippen molar-refractivity contribution in [3.63, 3.8) is 0 Å². The van der Waals surface area contributed by atoms with Crippen molar-refractivity contribution in [2.24, 2.45) is 0 Å². The van der Waals surface area contributed by atoms with Crippen molar-refractivity contribution in [1.82, 2.24) is 25.9 Å². The second-order valence-corrected chi connectivity index (χ2v) is 3.17. The Morgan fingerprint density at radius 2 is 2.33 bits per heavy atom. The first-order valence-corrected chi connectivity index (χ1v) is 4.87. The molecular formula is C8H16ClN5S. The zero-order chi connectivity index (χ0) is 10.2. The maximum Gasteiger partial charge on any atom is 0.166 e. The van der Waals surface area contributed by atoms with Crippen molar-refractivity contribution in [2.45, 2.75) is 6.54 Å². The number of hydrogen-bond acceptors (Lipinski definition) is 3. The van der Waals surface area contributed by atoms with Gasteiger partial charge >= 0.3 is 0 Å². The van der Waals surface area contributed by atoms with E-state index in [2.05, 4.69) is 25.9 Å². The van der Waals surface area contributed by atoms with Gasteiger partial charge in [0.25, 0.3) is 0 Å². The molecule has 86 valence electrons. The van der Waals surface area contributed by atoms with E-state index in [-0.39, 0.29) is 12.4 Å². The van der Waals surface area contributed by atoms with Gasteiger partial charge in [-0.2, -0.15) is 0 Å². The SMILES string of the molecule is CNC(=S)NCCNCc1cnc[nH]1.Cl. The molecule has 0 aliphatic carbocycles. The Hall–Kier alpha value is -0.850. The summed E-state index contributed by atoms with van der Waals surface area (Å²) < 4.78 is 0. The van der Waals surface area contributed by atoms with Crippen LogP contribution in [0, 0.1) is 0 Å². The number of thiocarbonyl (C=S) groups is 1. The van der Waals surface area contributed by atoms with E-state index < -0.39 is 0 Å². The van der Waals surface area contributed by atoms with Crippen molar-refractivity contribution >= 4 is 29.7 Å². The van der Waals surface area contributed by atoms with Gasteiger partial charge in [-0.1, -0.05) is 0 Å². The third kappa shape index (κ3) is 6.27. The lowest BCUT2D eigenvalue weighted by molar-refractivity contribution is 0.662. The van der Waals surface area contributed by atoms with E-state index in [1.807, 2.05) is 0 Å². The molecule has 0 unspecified atom stereocenters. The maximum absolute atomic E-state index is 4.92. The van der Waals surface area contributed by atoms with Crippen LogP contribution >= 0.6 is 24.6 Å². The van der Waals surface area contributed by atoms with Crippen LogP contribution in [0.4, 0.5) is 0 Å². The van der Waals surface area contributed by atoms with E-state index in [0.29, 0.717) is 5.11 Å². The molecule has 0 saturated heterocycles. The lowest BCUT2D eigenvalue weighted by Crippen LogP contribution is -2.37. The zero-order valence-corrected chi connectivity index (χ0v) is 10.2. The Balaban J connectivity index is 0.00000196. The number of imidazole rings is 1. The largest absolute Gasteiger partial charge is 0.366 e. The monoisotopic (exact) mass is 249 g/mol. The molecule has 4 N–H and O–H groups in total. The van der Waals surface area contributed by atoms with Gasteiger partial charge in [0.15, 0.2) is 5.11 Å². The molecule has 1 aromatic heterocycles. The number of halogens is 1. The van der Waals surface area contributed by atoms with Crippen LogP contribution < -0.4 is 16.0 Å². The molecular weight excluding hydrogens is 234 g/mol. The number of nitrogens with zero attached hydrogens (tertiary/aromatic N) is 1. The maximum atomic E-state index is 4.92. The average molecular weight is 250 g/mol. The molecule has 0 fully saturated rings. The molecule has 5 nitrogen and oxygen atoms in total. The molecule has 0 spiro atoms. The lowest BCUT2D eigenvalue weighted by atomic mass is 10.4. The molecule has 0 aliphatic heterocycles. The first-order valence-electron chi connectivity index (χ1n) is 4.46. The van der Waals surface area contributed by atoms with Gasteiger partial charge in [0.05, 0.1) is 6.33 Å². The van der Waals surface area contributed by atoms with Gasteiger partial charge in [-0.25, -0.2) is 4.98 Å². The third-order valence-corrected chi connectivity index (χ3v) is 2.03. The van der Waals surface area contributed by atoms with Crippen molar-refractivity contribution in [3.05, 3.63) is 18.2 Å². The number of nitrogens with one attached hydrogen (secondary N) is 4. The van der Waals surface area contributed by atoms with Crippen LogP contribution in [0.15, 0.2) is 12.5 Å². The van der Waals surface area contributed by atoms with Gasteiger partial charge in [-0.3, -0.25) is 0 Å². The van der Waals surface area contributed by atoms with E-state index >= 15 is 0 Å². The quantitative estimate of drug-likeness (QED) is 0.438. The summed E-state index contributed by atoms with van der Waals surface area (Å²) in [5, 5.41) is 9.81. The molecule has 7 heteroatoms. The standard InChI is InChI=1S/C8H15N5S.ClH/c1-9-8(14)12-3-2-10-4-7-5-11-6-13-7;/h5-6,10H,2-4H2,1H3,(H,11,13)(H2,9,12,14);1H. The molecule has 1 rings (SSSR count). The van der Waals surface area contributed by atoms with Crippen LogP contribution in [0.25, 0.3) is 0 Å². The Kier molecular flexibility index (Phi) is 7.98. The van der Waals surface area contributed by atoms with Gasteiger partial charge in [-0.05, 0) is 12.2 Å². The van der Waals surface area contributed by atoms with Crippen LogP contribution in [0.1, 0.15) is 5.69 Å². The van der Waals surface area contributed by atoms with Gasteiger partial charge in [0.1, 0.15) is 0 Å². The normalized spacial score (nSPS) is 9.13. The fourth-order valence-corrected chi connectivity index (χ4v) is 1.06. The molecule has 1 aromatic rings. The molecule has 0 amide bonds. The molecule has 0 aliphatic rings. The highest BCUT2D eigenvalue weighted by molar-refractivity contribution is 7.80. The first kappa shape index (κ1) is 14.2. The highest BCUT2D eigenvalue weighted by Crippen LogP contribution is 1.87. The van der Waals surface area contributed by atoms with E-state index in [1.165, 1.54) is 0 Å². The van der Waals surface area contributed by atoms with Crippen molar-refractivity contribution in [3.8, 4) is 0 Å². The van der Waals surface area contributed by atoms with Crippen LogP contribution in [0.5, 0.6) is 0 Å². The minimum atomic E-state index is 0. The predicted octanol–water partition coefficient (Wildman–Crippen LogP) is 0.0150. The van der Waals surface area contributed by atoms with Gasteiger partial charge in [0.2, 0.25) is 0 Å². The predicted molar refractivity (Wildman–Crippen MR) is 67.2 cm³/mol. The number of aromatic amines is 1. The lowest BCUT2D eigenvalue weighted by Gasteiger charge is -2.07. The summed E-state index contributed by atoms with van der Waals surface area (Å²) in [7, 11) is 1.80. The van der Waals surface area contributed by atoms with E-state index in [4.69, 9.17) is 12.2 Å². The number of aromatic nitrogens is 2. The van der Waals surface area contributed by atoms with E-state index in [0.717, 1.165) is 25.3 Å². The Bertz CT molecular complexity index is 264. The minimum absolute atomic E-state index is 0. The Labute approximate surface area is 101 Å². The van der Waals surface area contributed by atoms with Crippen LogP contribution in [0.2, 0.25) is 0 Å². The molecule has 0 atom stereocenters. The van der Waals surface area contributed by atoms with Crippen LogP contribution in [0.3, 0.4) is 0 Å². The summed E-state index contributed by atoms with van der Waals surface area (Å²) >= 11 is 4.92. The van der Waals surface area contributed by atoms with Gasteiger partial charge in [0, 0.05) is 38.6 Å². The second-order valence-electron chi connectivity index (χ2n) is 2.76. The fraction of sp³-hybridized carbons (Fsp3) is 0.500. The van der Waals surface area contributed by atoms with Crippen molar-refractivity contribution in [1.29, 1.82) is 0 Å². The summed E-state index contributed by atoms with van der Waals surface area (Å²) in [4.78, 5) is 6.94. The first-order chi connectivity index (χ1) is 6.83. The molecule has 0 bridgehead atoms. The molecule has 15 heavy (non-hydrogen) atoms. The number of rotatable bonds is 5. The van der Waals surface area contributed by atoms with Gasteiger partial charge in [-0.15, -0.1) is 12.4 Å². The van der Waals surface area contributed by atoms with E-state index in [1.54, 1.807) is 19.6 Å². The summed E-state index contributed by atoms with van der Waals surface area (Å²) in [6, 6.07) is 0. The number of H-pyrrole nitrogens is 1. The Morgan fingerprint density at radius 1 is 1.53 bits per heavy atom. The summed E-state index contributed by atoms with van der Waals surface area (Å²) in [6.07, 6.45) is 3.48. The molecule has 0 radical (unpaired) electrons. The van der Waals surface area contributed by atoms with Crippen molar-refractivity contribution < 1.29 is 0 Å². The fourth-order valence-electron chi connectivity index (χ4n) is 0.957. The second kappa shape index (κ2) is 8.46. The topological polar surface area (TPSA) is 64.8 Å². The Morgan fingerprint density at radius 3 is 2.93 bits per heavy atom. The number of hydrogen-bond donors (Lipinski definition) is 4. The summed E-state index contributed by atoms with van der Waals surface area (Å²) in [6.45, 7) is 2.47. The molecule has 0 saturated carbocycles. The smallest absolute Gasteiger partial charge is 0.166 e. The minimum Gasteiger partial charge on any atom is -0.366 e. The highest BCUT2D eigenvalue weighted by atomic mass is 35.5. The molecule has 0 aromatic carbocycles. The average Bonchev–Trinajstić information content (AvgIpc) is 2.69. The highest BCUT2D eigenvalue weighted by Gasteiger charge is 1.93. The van der Waals surface area contributed by atoms with Crippen molar-refractivity contribution in [2.75, 3.05) is 20.1 Å². The summed E-state index contributed by atoms with van der Waals surface area (Å²) in [5.41, 5.74) is 1.08.